The summed E-state index contributed by atoms with van der Waals surface area (Å²) in [6, 6.07) is 11.4. The number of rotatable bonds is 2. The minimum absolute atomic E-state index is 0.134. The molecule has 88 valence electrons. The van der Waals surface area contributed by atoms with Gasteiger partial charge in [-0.2, -0.15) is 0 Å². The monoisotopic (exact) mass is 292 g/mol. The zero-order valence-electron chi connectivity index (χ0n) is 9.48. The average Bonchev–Trinajstić information content (AvgIpc) is 2.32. The molecule has 0 atom stereocenters. The van der Waals surface area contributed by atoms with Gasteiger partial charge in [-0.05, 0) is 36.8 Å². The SMILES string of the molecule is CCn1c(-c2cccc(Br)c2)ccc(N)c1=O. The summed E-state index contributed by atoms with van der Waals surface area (Å²) in [5, 5.41) is 0. The summed E-state index contributed by atoms with van der Waals surface area (Å²) < 4.78 is 2.67. The van der Waals surface area contributed by atoms with E-state index in [9.17, 15) is 4.79 Å². The second kappa shape index (κ2) is 4.75. The fraction of sp³-hybridized carbons (Fsp3) is 0.154. The minimum Gasteiger partial charge on any atom is -0.394 e. The summed E-state index contributed by atoms with van der Waals surface area (Å²) in [5.74, 6) is 0. The zero-order chi connectivity index (χ0) is 12.4. The third-order valence-electron chi connectivity index (χ3n) is 2.64. The van der Waals surface area contributed by atoms with Crippen LogP contribution in [-0.2, 0) is 6.54 Å². The Morgan fingerprint density at radius 1 is 1.29 bits per heavy atom. The van der Waals surface area contributed by atoms with Crippen molar-refractivity contribution >= 4 is 21.6 Å². The van der Waals surface area contributed by atoms with Gasteiger partial charge in [-0.25, -0.2) is 0 Å². The third-order valence-corrected chi connectivity index (χ3v) is 3.13. The van der Waals surface area contributed by atoms with Crippen molar-refractivity contribution in [2.24, 2.45) is 0 Å². The molecule has 3 nitrogen and oxygen atoms in total. The number of aromatic nitrogens is 1. The van der Waals surface area contributed by atoms with E-state index in [1.807, 2.05) is 37.3 Å². The van der Waals surface area contributed by atoms with E-state index in [-0.39, 0.29) is 11.2 Å². The molecule has 0 bridgehead atoms. The molecule has 0 radical (unpaired) electrons. The molecule has 0 unspecified atom stereocenters. The molecule has 1 heterocycles. The molecule has 0 saturated carbocycles. The highest BCUT2D eigenvalue weighted by Crippen LogP contribution is 2.22. The number of nitrogens with zero attached hydrogens (tertiary/aromatic N) is 1. The average molecular weight is 293 g/mol. The van der Waals surface area contributed by atoms with Gasteiger partial charge in [0.1, 0.15) is 0 Å². The third kappa shape index (κ3) is 2.26. The molecule has 2 aromatic rings. The summed E-state index contributed by atoms with van der Waals surface area (Å²) in [6.07, 6.45) is 0. The van der Waals surface area contributed by atoms with Crippen LogP contribution in [0.15, 0.2) is 45.7 Å². The summed E-state index contributed by atoms with van der Waals surface area (Å²) >= 11 is 3.43. The van der Waals surface area contributed by atoms with Gasteiger partial charge in [0.15, 0.2) is 0 Å². The normalized spacial score (nSPS) is 10.5. The van der Waals surface area contributed by atoms with E-state index in [0.717, 1.165) is 15.7 Å². The fourth-order valence-corrected chi connectivity index (χ4v) is 2.21. The van der Waals surface area contributed by atoms with Gasteiger partial charge in [-0.1, -0.05) is 28.1 Å². The number of hydrogen-bond acceptors (Lipinski definition) is 2. The Hall–Kier alpha value is -1.55. The fourth-order valence-electron chi connectivity index (χ4n) is 1.81. The predicted octanol–water partition coefficient (Wildman–Crippen LogP) is 2.88. The number of pyridine rings is 1. The molecule has 0 spiro atoms. The van der Waals surface area contributed by atoms with Gasteiger partial charge >= 0.3 is 0 Å². The second-order valence-electron chi connectivity index (χ2n) is 3.73. The highest BCUT2D eigenvalue weighted by molar-refractivity contribution is 9.10. The van der Waals surface area contributed by atoms with Crippen molar-refractivity contribution in [1.29, 1.82) is 0 Å². The first-order chi connectivity index (χ1) is 8.13. The van der Waals surface area contributed by atoms with Crippen molar-refractivity contribution in [2.45, 2.75) is 13.5 Å². The van der Waals surface area contributed by atoms with Gasteiger partial charge in [-0.15, -0.1) is 0 Å². The Labute approximate surface area is 108 Å². The van der Waals surface area contributed by atoms with Crippen molar-refractivity contribution in [1.82, 2.24) is 4.57 Å². The van der Waals surface area contributed by atoms with Crippen LogP contribution in [0.1, 0.15) is 6.92 Å². The maximum absolute atomic E-state index is 11.9. The van der Waals surface area contributed by atoms with Gasteiger partial charge < -0.3 is 10.3 Å². The molecular formula is C13H13BrN2O. The van der Waals surface area contributed by atoms with Crippen LogP contribution in [0.25, 0.3) is 11.3 Å². The predicted molar refractivity (Wildman–Crippen MR) is 73.9 cm³/mol. The zero-order valence-corrected chi connectivity index (χ0v) is 11.1. The largest absolute Gasteiger partial charge is 0.394 e. The van der Waals surface area contributed by atoms with Crippen molar-refractivity contribution in [3.8, 4) is 11.3 Å². The topological polar surface area (TPSA) is 48.0 Å². The van der Waals surface area contributed by atoms with Crippen LogP contribution in [0, 0.1) is 0 Å². The lowest BCUT2D eigenvalue weighted by molar-refractivity contribution is 0.738. The van der Waals surface area contributed by atoms with Gasteiger partial charge in [0.25, 0.3) is 5.56 Å². The molecule has 0 amide bonds. The number of nitrogen functional groups attached to an aromatic ring is 1. The lowest BCUT2D eigenvalue weighted by atomic mass is 10.1. The smallest absolute Gasteiger partial charge is 0.274 e. The molecule has 0 aliphatic rings. The Kier molecular flexibility index (Phi) is 3.33. The molecule has 4 heteroatoms. The Morgan fingerprint density at radius 2 is 2.06 bits per heavy atom. The molecule has 1 aromatic heterocycles. The number of benzene rings is 1. The molecule has 0 saturated heterocycles. The van der Waals surface area contributed by atoms with E-state index in [0.29, 0.717) is 6.54 Å². The van der Waals surface area contributed by atoms with Gasteiger partial charge in [0.2, 0.25) is 0 Å². The molecular weight excluding hydrogens is 280 g/mol. The van der Waals surface area contributed by atoms with Gasteiger partial charge in [0, 0.05) is 11.0 Å². The first kappa shape index (κ1) is 11.9. The molecule has 17 heavy (non-hydrogen) atoms. The quantitative estimate of drug-likeness (QED) is 0.925. The minimum atomic E-state index is -0.134. The molecule has 0 fully saturated rings. The van der Waals surface area contributed by atoms with E-state index in [1.165, 1.54) is 0 Å². The van der Waals surface area contributed by atoms with E-state index in [1.54, 1.807) is 10.6 Å². The summed E-state index contributed by atoms with van der Waals surface area (Å²) in [5.41, 5.74) is 7.66. The van der Waals surface area contributed by atoms with Crippen molar-refractivity contribution in [3.05, 3.63) is 51.2 Å². The maximum Gasteiger partial charge on any atom is 0.274 e. The van der Waals surface area contributed by atoms with Crippen LogP contribution in [0.2, 0.25) is 0 Å². The van der Waals surface area contributed by atoms with Crippen molar-refractivity contribution < 1.29 is 0 Å². The molecule has 2 N–H and O–H groups in total. The molecule has 0 aliphatic heterocycles. The number of hydrogen-bond donors (Lipinski definition) is 1. The number of nitrogens with two attached hydrogens (primary N) is 1. The van der Waals surface area contributed by atoms with Crippen LogP contribution in [0.4, 0.5) is 5.69 Å². The van der Waals surface area contributed by atoms with Gasteiger partial charge in [-0.3, -0.25) is 4.79 Å². The van der Waals surface area contributed by atoms with Crippen LogP contribution >= 0.6 is 15.9 Å². The first-order valence-electron chi connectivity index (χ1n) is 5.38. The van der Waals surface area contributed by atoms with Crippen LogP contribution in [0.3, 0.4) is 0 Å². The molecule has 2 rings (SSSR count). The van der Waals surface area contributed by atoms with E-state index < -0.39 is 0 Å². The Morgan fingerprint density at radius 3 is 2.71 bits per heavy atom. The van der Waals surface area contributed by atoms with E-state index in [2.05, 4.69) is 15.9 Å². The first-order valence-corrected chi connectivity index (χ1v) is 6.18. The molecule has 0 aliphatic carbocycles. The van der Waals surface area contributed by atoms with Crippen LogP contribution in [0.5, 0.6) is 0 Å². The Bertz CT molecular complexity index is 605. The van der Waals surface area contributed by atoms with Crippen molar-refractivity contribution in [3.63, 3.8) is 0 Å². The van der Waals surface area contributed by atoms with Crippen LogP contribution in [-0.4, -0.2) is 4.57 Å². The highest BCUT2D eigenvalue weighted by Gasteiger charge is 2.07. The number of anilines is 1. The standard InChI is InChI=1S/C13H13BrN2O/c1-2-16-12(7-6-11(15)13(16)17)9-4-3-5-10(14)8-9/h3-8H,2,15H2,1H3. The van der Waals surface area contributed by atoms with Crippen LogP contribution < -0.4 is 11.3 Å². The van der Waals surface area contributed by atoms with E-state index in [4.69, 9.17) is 5.73 Å². The van der Waals surface area contributed by atoms with Gasteiger partial charge in [0.05, 0.1) is 11.4 Å². The lowest BCUT2D eigenvalue weighted by Gasteiger charge is -2.12. The Balaban J connectivity index is 2.68. The summed E-state index contributed by atoms with van der Waals surface area (Å²) in [7, 11) is 0. The molecule has 1 aromatic carbocycles. The van der Waals surface area contributed by atoms with Crippen molar-refractivity contribution in [2.75, 3.05) is 5.73 Å². The maximum atomic E-state index is 11.9. The highest BCUT2D eigenvalue weighted by atomic mass is 79.9. The second-order valence-corrected chi connectivity index (χ2v) is 4.65. The lowest BCUT2D eigenvalue weighted by Crippen LogP contribution is -2.23. The summed E-state index contributed by atoms with van der Waals surface area (Å²) in [6.45, 7) is 2.54. The summed E-state index contributed by atoms with van der Waals surface area (Å²) in [4.78, 5) is 11.9. The van der Waals surface area contributed by atoms with E-state index >= 15 is 0 Å². The number of halogens is 1.